The molecule has 0 aliphatic rings. The molecular weight excluding hydrogens is 252 g/mol. The predicted octanol–water partition coefficient (Wildman–Crippen LogP) is 3.21. The second kappa shape index (κ2) is 5.90. The number of aromatic amines is 1. The van der Waals surface area contributed by atoms with E-state index in [0.29, 0.717) is 11.3 Å². The summed E-state index contributed by atoms with van der Waals surface area (Å²) in [5.41, 5.74) is 2.05. The molecule has 1 heterocycles. The van der Waals surface area contributed by atoms with Crippen molar-refractivity contribution in [1.82, 2.24) is 4.98 Å². The summed E-state index contributed by atoms with van der Waals surface area (Å²) in [5.74, 6) is 0.0616. The Kier molecular flexibility index (Phi) is 4.23. The highest BCUT2D eigenvalue weighted by molar-refractivity contribution is 5.94. The van der Waals surface area contributed by atoms with Crippen molar-refractivity contribution in [2.75, 3.05) is 5.32 Å². The first-order valence-corrected chi connectivity index (χ1v) is 6.99. The van der Waals surface area contributed by atoms with Crippen molar-refractivity contribution in [1.29, 1.82) is 0 Å². The second-order valence-electron chi connectivity index (χ2n) is 5.09. The van der Waals surface area contributed by atoms with E-state index in [1.165, 1.54) is 0 Å². The lowest BCUT2D eigenvalue weighted by atomic mass is 10.0. The molecule has 0 radical (unpaired) electrons. The number of rotatable bonds is 4. The molecule has 0 spiro atoms. The summed E-state index contributed by atoms with van der Waals surface area (Å²) in [6.45, 7) is 5.80. The first-order valence-electron chi connectivity index (χ1n) is 6.99. The molecule has 0 unspecified atom stereocenters. The van der Waals surface area contributed by atoms with Crippen LogP contribution in [0, 0.1) is 12.8 Å². The zero-order valence-electron chi connectivity index (χ0n) is 12.1. The van der Waals surface area contributed by atoms with Crippen molar-refractivity contribution in [3.63, 3.8) is 0 Å². The molecule has 0 bridgehead atoms. The maximum atomic E-state index is 12.0. The van der Waals surface area contributed by atoms with Crippen LogP contribution in [-0.4, -0.2) is 10.9 Å². The Morgan fingerprint density at radius 1 is 1.25 bits per heavy atom. The van der Waals surface area contributed by atoms with Gasteiger partial charge in [0.15, 0.2) is 0 Å². The van der Waals surface area contributed by atoms with E-state index in [-0.39, 0.29) is 17.4 Å². The van der Waals surface area contributed by atoms with Gasteiger partial charge in [0.2, 0.25) is 5.91 Å². The number of aromatic nitrogens is 1. The molecule has 0 aliphatic carbocycles. The Balaban J connectivity index is 2.30. The van der Waals surface area contributed by atoms with E-state index in [0.717, 1.165) is 23.7 Å². The Bertz CT molecular complexity index is 684. The molecule has 0 saturated carbocycles. The Labute approximate surface area is 118 Å². The smallest absolute Gasteiger partial charge is 0.251 e. The van der Waals surface area contributed by atoms with E-state index in [1.807, 2.05) is 32.0 Å². The van der Waals surface area contributed by atoms with Crippen LogP contribution in [0.25, 0.3) is 10.9 Å². The highest BCUT2D eigenvalue weighted by Crippen LogP contribution is 2.18. The Hall–Kier alpha value is -2.10. The topological polar surface area (TPSA) is 62.0 Å². The van der Waals surface area contributed by atoms with Gasteiger partial charge in [0.25, 0.3) is 5.56 Å². The predicted molar refractivity (Wildman–Crippen MR) is 82.0 cm³/mol. The number of benzene rings is 1. The molecular formula is C16H20N2O2. The van der Waals surface area contributed by atoms with Gasteiger partial charge in [-0.15, -0.1) is 0 Å². The van der Waals surface area contributed by atoms with Crippen molar-refractivity contribution in [2.24, 2.45) is 5.92 Å². The van der Waals surface area contributed by atoms with E-state index in [4.69, 9.17) is 0 Å². The molecule has 2 aromatic rings. The number of H-pyrrole nitrogens is 1. The maximum Gasteiger partial charge on any atom is 0.251 e. The molecule has 1 aromatic heterocycles. The standard InChI is InChI=1S/C16H20N2O2/c1-4-11(5-2)16(20)17-13-7-6-12-8-10(3)15(19)18-14(12)9-13/h6-9,11H,4-5H2,1-3H3,(H,17,20)(H,18,19). The largest absolute Gasteiger partial charge is 0.326 e. The number of carbonyl (C=O) groups is 1. The number of anilines is 1. The normalized spacial score (nSPS) is 11.0. The summed E-state index contributed by atoms with van der Waals surface area (Å²) >= 11 is 0. The molecule has 2 rings (SSSR count). The van der Waals surface area contributed by atoms with Gasteiger partial charge < -0.3 is 10.3 Å². The lowest BCUT2D eigenvalue weighted by Gasteiger charge is -2.13. The van der Waals surface area contributed by atoms with E-state index >= 15 is 0 Å². The van der Waals surface area contributed by atoms with E-state index in [2.05, 4.69) is 10.3 Å². The van der Waals surface area contributed by atoms with Gasteiger partial charge in [-0.05, 0) is 43.4 Å². The summed E-state index contributed by atoms with van der Waals surface area (Å²) in [5, 5.41) is 3.87. The molecule has 106 valence electrons. The molecule has 20 heavy (non-hydrogen) atoms. The molecule has 4 nitrogen and oxygen atoms in total. The summed E-state index contributed by atoms with van der Waals surface area (Å²) in [4.78, 5) is 26.5. The molecule has 2 N–H and O–H groups in total. The average Bonchev–Trinajstić information content (AvgIpc) is 2.42. The van der Waals surface area contributed by atoms with Gasteiger partial charge in [-0.25, -0.2) is 0 Å². The van der Waals surface area contributed by atoms with Crippen LogP contribution in [0.3, 0.4) is 0 Å². The van der Waals surface area contributed by atoms with Gasteiger partial charge in [0.05, 0.1) is 5.52 Å². The first kappa shape index (κ1) is 14.3. The second-order valence-corrected chi connectivity index (χ2v) is 5.09. The van der Waals surface area contributed by atoms with Crippen LogP contribution in [0.15, 0.2) is 29.1 Å². The van der Waals surface area contributed by atoms with Gasteiger partial charge >= 0.3 is 0 Å². The molecule has 0 fully saturated rings. The monoisotopic (exact) mass is 272 g/mol. The zero-order valence-corrected chi connectivity index (χ0v) is 12.1. The third-order valence-electron chi connectivity index (χ3n) is 3.66. The maximum absolute atomic E-state index is 12.0. The third kappa shape index (κ3) is 2.90. The molecule has 4 heteroatoms. The lowest BCUT2D eigenvalue weighted by molar-refractivity contribution is -0.120. The van der Waals surface area contributed by atoms with Crippen molar-refractivity contribution >= 4 is 22.5 Å². The molecule has 1 amide bonds. The van der Waals surface area contributed by atoms with Crippen molar-refractivity contribution in [2.45, 2.75) is 33.6 Å². The summed E-state index contributed by atoms with van der Waals surface area (Å²) in [7, 11) is 0. The number of hydrogen-bond donors (Lipinski definition) is 2. The Morgan fingerprint density at radius 3 is 2.60 bits per heavy atom. The van der Waals surface area contributed by atoms with Gasteiger partial charge in [-0.3, -0.25) is 9.59 Å². The van der Waals surface area contributed by atoms with Crippen LogP contribution in [0.4, 0.5) is 5.69 Å². The van der Waals surface area contributed by atoms with Crippen molar-refractivity contribution < 1.29 is 4.79 Å². The third-order valence-corrected chi connectivity index (χ3v) is 3.66. The SMILES string of the molecule is CCC(CC)C(=O)Nc1ccc2cc(C)c(=O)[nH]c2c1. The lowest BCUT2D eigenvalue weighted by Crippen LogP contribution is -2.21. The van der Waals surface area contributed by atoms with Crippen LogP contribution in [0.5, 0.6) is 0 Å². The van der Waals surface area contributed by atoms with Crippen LogP contribution in [0.2, 0.25) is 0 Å². The highest BCUT2D eigenvalue weighted by atomic mass is 16.2. The number of aryl methyl sites for hydroxylation is 1. The number of amides is 1. The molecule has 0 atom stereocenters. The minimum atomic E-state index is -0.0963. The van der Waals surface area contributed by atoms with Gasteiger partial charge in [-0.1, -0.05) is 19.9 Å². The number of carbonyl (C=O) groups excluding carboxylic acids is 1. The molecule has 0 saturated heterocycles. The minimum Gasteiger partial charge on any atom is -0.326 e. The van der Waals surface area contributed by atoms with E-state index in [1.54, 1.807) is 13.0 Å². The fraction of sp³-hybridized carbons (Fsp3) is 0.375. The zero-order chi connectivity index (χ0) is 14.7. The van der Waals surface area contributed by atoms with E-state index in [9.17, 15) is 9.59 Å². The van der Waals surface area contributed by atoms with Crippen molar-refractivity contribution in [3.05, 3.63) is 40.2 Å². The highest BCUT2D eigenvalue weighted by Gasteiger charge is 2.14. The minimum absolute atomic E-state index is 0.0303. The Morgan fingerprint density at radius 2 is 1.95 bits per heavy atom. The average molecular weight is 272 g/mol. The van der Waals surface area contributed by atoms with Crippen molar-refractivity contribution in [3.8, 4) is 0 Å². The number of pyridine rings is 1. The number of nitrogens with one attached hydrogen (secondary N) is 2. The molecule has 1 aromatic carbocycles. The summed E-state index contributed by atoms with van der Waals surface area (Å²) in [6, 6.07) is 7.41. The first-order chi connectivity index (χ1) is 9.55. The van der Waals surface area contributed by atoms with Crippen LogP contribution >= 0.6 is 0 Å². The fourth-order valence-corrected chi connectivity index (χ4v) is 2.29. The van der Waals surface area contributed by atoms with Gasteiger partial charge in [-0.2, -0.15) is 0 Å². The van der Waals surface area contributed by atoms with Crippen LogP contribution in [0.1, 0.15) is 32.3 Å². The summed E-state index contributed by atoms with van der Waals surface area (Å²) < 4.78 is 0. The van der Waals surface area contributed by atoms with Crippen LogP contribution < -0.4 is 10.9 Å². The van der Waals surface area contributed by atoms with Gasteiger partial charge in [0.1, 0.15) is 0 Å². The number of fused-ring (bicyclic) bond motifs is 1. The quantitative estimate of drug-likeness (QED) is 0.897. The fourth-order valence-electron chi connectivity index (χ4n) is 2.29. The van der Waals surface area contributed by atoms with Gasteiger partial charge in [0, 0.05) is 17.2 Å². The number of hydrogen-bond acceptors (Lipinski definition) is 2. The van der Waals surface area contributed by atoms with Crippen LogP contribution in [-0.2, 0) is 4.79 Å². The molecule has 0 aliphatic heterocycles. The summed E-state index contributed by atoms with van der Waals surface area (Å²) in [6.07, 6.45) is 1.65. The van der Waals surface area contributed by atoms with E-state index < -0.39 is 0 Å².